The molecule has 162 valence electrons. The molecule has 0 fully saturated rings. The Morgan fingerprint density at radius 3 is 2.66 bits per heavy atom. The van der Waals surface area contributed by atoms with Crippen molar-refractivity contribution in [1.29, 1.82) is 0 Å². The molecule has 0 amide bonds. The second kappa shape index (κ2) is 12.1. The molecule has 0 aromatic carbocycles. The minimum atomic E-state index is -0.345. The maximum atomic E-state index is 11.5. The zero-order chi connectivity index (χ0) is 21.2. The van der Waals surface area contributed by atoms with E-state index in [2.05, 4.69) is 44.2 Å². The van der Waals surface area contributed by atoms with Gasteiger partial charge in [-0.05, 0) is 41.9 Å². The van der Waals surface area contributed by atoms with Crippen LogP contribution in [0.3, 0.4) is 0 Å². The number of carbonyl (C=O) groups is 1. The highest BCUT2D eigenvalue weighted by Crippen LogP contribution is 2.29. The zero-order valence-electron chi connectivity index (χ0n) is 18.5. The number of carbonyl (C=O) groups excluding carboxylic acids is 1. The van der Waals surface area contributed by atoms with Crippen molar-refractivity contribution < 1.29 is 23.7 Å². The Bertz CT molecular complexity index is 658. The first-order chi connectivity index (χ1) is 14.0. The third-order valence-corrected chi connectivity index (χ3v) is 5.51. The second-order valence-corrected chi connectivity index (χ2v) is 7.81. The van der Waals surface area contributed by atoms with Crippen LogP contribution in [0.15, 0.2) is 47.1 Å². The number of hydrogen-bond donors (Lipinski definition) is 0. The predicted octanol–water partition coefficient (Wildman–Crippen LogP) is 4.40. The van der Waals surface area contributed by atoms with Crippen molar-refractivity contribution in [3.63, 3.8) is 0 Å². The lowest BCUT2D eigenvalue weighted by atomic mass is 9.87. The summed E-state index contributed by atoms with van der Waals surface area (Å²) in [6.45, 7) is 7.45. The summed E-state index contributed by atoms with van der Waals surface area (Å²) in [5.41, 5.74) is 3.53. The molecule has 2 rings (SSSR count). The third-order valence-electron chi connectivity index (χ3n) is 5.51. The molecule has 2 aliphatic rings. The van der Waals surface area contributed by atoms with E-state index in [1.807, 2.05) is 0 Å². The number of ether oxygens (including phenoxy) is 4. The number of hydrogen-bond acceptors (Lipinski definition) is 5. The van der Waals surface area contributed by atoms with Crippen molar-refractivity contribution >= 4 is 5.97 Å². The lowest BCUT2D eigenvalue weighted by Gasteiger charge is -2.30. The minimum Gasteiger partial charge on any atom is -0.457 e. The molecule has 2 aliphatic carbocycles. The van der Waals surface area contributed by atoms with E-state index in [4.69, 9.17) is 18.9 Å². The molecular weight excluding hydrogens is 368 g/mol. The van der Waals surface area contributed by atoms with Gasteiger partial charge in [0.15, 0.2) is 0 Å². The molecule has 5 heteroatoms. The van der Waals surface area contributed by atoms with Gasteiger partial charge in [0.25, 0.3) is 0 Å². The molecule has 0 saturated heterocycles. The Labute approximate surface area is 175 Å². The Balaban J connectivity index is 1.94. The molecule has 0 aromatic rings. The molecule has 0 bridgehead atoms. The van der Waals surface area contributed by atoms with Gasteiger partial charge in [0, 0.05) is 27.1 Å². The predicted molar refractivity (Wildman–Crippen MR) is 115 cm³/mol. The van der Waals surface area contributed by atoms with E-state index in [0.717, 1.165) is 30.4 Å². The normalized spacial score (nSPS) is 25.1. The highest BCUT2D eigenvalue weighted by molar-refractivity contribution is 5.66. The fourth-order valence-electron chi connectivity index (χ4n) is 3.79. The molecule has 5 nitrogen and oxygen atoms in total. The lowest BCUT2D eigenvalue weighted by molar-refractivity contribution is -0.147. The average molecular weight is 405 g/mol. The van der Waals surface area contributed by atoms with Gasteiger partial charge in [0.1, 0.15) is 6.10 Å². The van der Waals surface area contributed by atoms with Gasteiger partial charge in [-0.1, -0.05) is 44.2 Å². The first-order valence-electron chi connectivity index (χ1n) is 10.5. The molecule has 0 heterocycles. The molecule has 0 aliphatic heterocycles. The summed E-state index contributed by atoms with van der Waals surface area (Å²) in [5, 5.41) is 0. The van der Waals surface area contributed by atoms with Crippen LogP contribution in [0.5, 0.6) is 0 Å². The lowest BCUT2D eigenvalue weighted by Crippen LogP contribution is -2.34. The van der Waals surface area contributed by atoms with Gasteiger partial charge < -0.3 is 18.9 Å². The molecule has 0 aromatic heterocycles. The van der Waals surface area contributed by atoms with Crippen molar-refractivity contribution in [2.75, 3.05) is 34.0 Å². The van der Waals surface area contributed by atoms with Gasteiger partial charge in [-0.15, -0.1) is 0 Å². The highest BCUT2D eigenvalue weighted by atomic mass is 16.5. The van der Waals surface area contributed by atoms with Crippen LogP contribution in [0.25, 0.3) is 0 Å². The van der Waals surface area contributed by atoms with Gasteiger partial charge >= 0.3 is 5.97 Å². The topological polar surface area (TPSA) is 54.0 Å². The van der Waals surface area contributed by atoms with Gasteiger partial charge in [-0.25, -0.2) is 0 Å². The van der Waals surface area contributed by atoms with E-state index >= 15 is 0 Å². The Morgan fingerprint density at radius 1 is 1.28 bits per heavy atom. The van der Waals surface area contributed by atoms with E-state index in [-0.39, 0.29) is 24.1 Å². The first kappa shape index (κ1) is 23.6. The largest absolute Gasteiger partial charge is 0.457 e. The molecule has 0 N–H and O–H groups in total. The van der Waals surface area contributed by atoms with Crippen molar-refractivity contribution in [2.24, 2.45) is 11.8 Å². The molecule has 4 unspecified atom stereocenters. The fourth-order valence-corrected chi connectivity index (χ4v) is 3.79. The summed E-state index contributed by atoms with van der Waals surface area (Å²) in [6, 6.07) is 0. The molecule has 4 atom stereocenters. The summed E-state index contributed by atoms with van der Waals surface area (Å²) in [4.78, 5) is 11.5. The quantitative estimate of drug-likeness (QED) is 0.478. The Kier molecular flexibility index (Phi) is 9.85. The molecule has 0 spiro atoms. The molecular formula is C24H36O5. The second-order valence-electron chi connectivity index (χ2n) is 7.81. The van der Waals surface area contributed by atoms with Crippen LogP contribution in [0, 0.1) is 11.8 Å². The summed E-state index contributed by atoms with van der Waals surface area (Å²) < 4.78 is 22.3. The maximum absolute atomic E-state index is 11.5. The van der Waals surface area contributed by atoms with E-state index in [9.17, 15) is 4.79 Å². The number of esters is 1. The van der Waals surface area contributed by atoms with E-state index in [0.29, 0.717) is 25.7 Å². The smallest absolute Gasteiger partial charge is 0.303 e. The fraction of sp³-hybridized carbons (Fsp3) is 0.625. The minimum absolute atomic E-state index is 0.0235. The summed E-state index contributed by atoms with van der Waals surface area (Å²) in [7, 11) is 3.31. The van der Waals surface area contributed by atoms with E-state index in [1.54, 1.807) is 14.2 Å². The van der Waals surface area contributed by atoms with E-state index in [1.165, 1.54) is 12.5 Å². The SMILES string of the molecule is CCC(C)C1=CCC(OCCC2=CC(COC)C(OC(C)=O)C(COC)=C2)C=C1. The van der Waals surface area contributed by atoms with Gasteiger partial charge in [-0.2, -0.15) is 0 Å². The average Bonchev–Trinajstić information content (AvgIpc) is 2.70. The standard InChI is InChI=1S/C24H36O5/c1-6-17(2)20-7-9-23(10-8-20)28-12-11-19-13-21(15-26-4)24(29-18(3)25)22(14-19)16-27-5/h7-9,13-14,17,21,23-24H,6,10-12,15-16H2,1-5H3. The van der Waals surface area contributed by atoms with Crippen LogP contribution in [0.2, 0.25) is 0 Å². The van der Waals surface area contributed by atoms with Crippen LogP contribution in [-0.2, 0) is 23.7 Å². The van der Waals surface area contributed by atoms with Crippen molar-refractivity contribution in [3.8, 4) is 0 Å². The van der Waals surface area contributed by atoms with Crippen LogP contribution >= 0.6 is 0 Å². The molecule has 0 saturated carbocycles. The number of methoxy groups -OCH3 is 2. The van der Waals surface area contributed by atoms with Crippen molar-refractivity contribution in [1.82, 2.24) is 0 Å². The van der Waals surface area contributed by atoms with Gasteiger partial charge in [0.2, 0.25) is 0 Å². The number of rotatable bonds is 11. The monoisotopic (exact) mass is 404 g/mol. The third kappa shape index (κ3) is 7.25. The molecule has 0 radical (unpaired) electrons. The Morgan fingerprint density at radius 2 is 2.07 bits per heavy atom. The summed E-state index contributed by atoms with van der Waals surface area (Å²) in [6.07, 6.45) is 13.6. The number of allylic oxidation sites excluding steroid dienone is 3. The van der Waals surface area contributed by atoms with Crippen LogP contribution in [-0.4, -0.2) is 52.2 Å². The van der Waals surface area contributed by atoms with Crippen LogP contribution in [0.4, 0.5) is 0 Å². The van der Waals surface area contributed by atoms with Gasteiger partial charge in [-0.3, -0.25) is 4.79 Å². The van der Waals surface area contributed by atoms with Crippen molar-refractivity contribution in [3.05, 3.63) is 47.1 Å². The Hall–Kier alpha value is -1.69. The highest BCUT2D eigenvalue weighted by Gasteiger charge is 2.30. The molecule has 29 heavy (non-hydrogen) atoms. The first-order valence-corrected chi connectivity index (χ1v) is 10.5. The summed E-state index contributed by atoms with van der Waals surface area (Å²) in [5.74, 6) is 0.281. The maximum Gasteiger partial charge on any atom is 0.303 e. The van der Waals surface area contributed by atoms with E-state index < -0.39 is 0 Å². The van der Waals surface area contributed by atoms with Crippen LogP contribution < -0.4 is 0 Å². The van der Waals surface area contributed by atoms with Crippen molar-refractivity contribution in [2.45, 2.75) is 52.2 Å². The zero-order valence-corrected chi connectivity index (χ0v) is 18.5. The van der Waals surface area contributed by atoms with Crippen LogP contribution in [0.1, 0.15) is 40.0 Å². The van der Waals surface area contributed by atoms with Gasteiger partial charge in [0.05, 0.1) is 25.9 Å². The summed E-state index contributed by atoms with van der Waals surface area (Å²) >= 11 is 0.